The molecule has 0 unspecified atom stereocenters. The van der Waals surface area contributed by atoms with Crippen LogP contribution in [0.25, 0.3) is 0 Å². The molecule has 0 bridgehead atoms. The molecule has 8 heteroatoms. The van der Waals surface area contributed by atoms with Gasteiger partial charge in [0.25, 0.3) is 5.91 Å². The topological polar surface area (TPSA) is 90.3 Å². The molecule has 2 N–H and O–H groups in total. The van der Waals surface area contributed by atoms with Crippen LogP contribution in [0.4, 0.5) is 5.69 Å². The van der Waals surface area contributed by atoms with Gasteiger partial charge < -0.3 is 24.4 Å². The molecule has 0 aliphatic carbocycles. The molecule has 0 radical (unpaired) electrons. The number of benzene rings is 2. The van der Waals surface area contributed by atoms with Crippen LogP contribution in [0.5, 0.6) is 0 Å². The smallest absolute Gasteiger partial charge is 0.264 e. The average Bonchev–Trinajstić information content (AvgIpc) is 3.26. The zero-order valence-electron chi connectivity index (χ0n) is 21.3. The monoisotopic (exact) mass is 508 g/mol. The van der Waals surface area contributed by atoms with Crippen molar-refractivity contribution in [3.05, 3.63) is 78.4 Å². The Labute approximate surface area is 214 Å². The van der Waals surface area contributed by atoms with E-state index in [9.17, 15) is 19.5 Å². The lowest BCUT2D eigenvalue weighted by molar-refractivity contribution is -0.149. The van der Waals surface area contributed by atoms with E-state index in [4.69, 9.17) is 4.74 Å². The van der Waals surface area contributed by atoms with Crippen molar-refractivity contribution in [2.75, 3.05) is 24.6 Å². The van der Waals surface area contributed by atoms with Crippen molar-refractivity contribution < 1.29 is 24.2 Å². The maximum atomic E-state index is 13.9. The lowest BCUT2D eigenvalue weighted by Crippen LogP contribution is -2.46. The molecule has 2 heterocycles. The molecular weight excluding hydrogens is 472 g/mol. The molecular formula is C28H36N2O5Si. The Morgan fingerprint density at radius 1 is 1.19 bits per heavy atom. The summed E-state index contributed by atoms with van der Waals surface area (Å²) < 4.78 is 6.67. The van der Waals surface area contributed by atoms with Gasteiger partial charge in [-0.3, -0.25) is 9.59 Å². The van der Waals surface area contributed by atoms with Crippen LogP contribution in [0, 0.1) is 5.92 Å². The number of aliphatic hydroxyl groups excluding tert-OH is 1. The number of rotatable bonds is 9. The number of nitrogens with zero attached hydrogens (tertiary/aromatic N) is 2. The Hall–Kier alpha value is -2.78. The second-order valence-electron chi connectivity index (χ2n) is 10.3. The van der Waals surface area contributed by atoms with Gasteiger partial charge in [0.05, 0.1) is 24.8 Å². The lowest BCUT2D eigenvalue weighted by Gasteiger charge is -2.32. The van der Waals surface area contributed by atoms with Crippen molar-refractivity contribution in [2.24, 2.45) is 5.92 Å². The summed E-state index contributed by atoms with van der Waals surface area (Å²) in [6.45, 7) is 10.2. The first-order chi connectivity index (χ1) is 17.1. The standard InChI is InChI=1S/C28H36N2O5Si/c1-5-15-30-23-14-10-9-13-22(23)28(27(30)33)20(2)26(36(3,4)34)24(35-28)18-25(32)29(16-17-31)19-21-11-7-6-8-12-21/h5-14,20,24,26,31,34H,1,15-19H2,2-4H3/t20-,24+,26-,28+/m0/s1. The zero-order chi connectivity index (χ0) is 26.1. The number of amides is 2. The molecule has 2 aromatic rings. The van der Waals surface area contributed by atoms with E-state index in [1.807, 2.05) is 74.6 Å². The number of aliphatic hydroxyl groups is 1. The van der Waals surface area contributed by atoms with Crippen molar-refractivity contribution in [3.63, 3.8) is 0 Å². The molecule has 36 heavy (non-hydrogen) atoms. The van der Waals surface area contributed by atoms with E-state index in [0.29, 0.717) is 13.1 Å². The van der Waals surface area contributed by atoms with Crippen LogP contribution in [-0.2, 0) is 26.5 Å². The van der Waals surface area contributed by atoms with E-state index < -0.39 is 20.0 Å². The molecule has 2 aliphatic heterocycles. The molecule has 4 rings (SSSR count). The largest absolute Gasteiger partial charge is 0.432 e. The lowest BCUT2D eigenvalue weighted by atomic mass is 9.82. The molecule has 2 amide bonds. The predicted octanol–water partition coefficient (Wildman–Crippen LogP) is 3.43. The fourth-order valence-electron chi connectivity index (χ4n) is 6.06. The second kappa shape index (κ2) is 10.3. The fraction of sp³-hybridized carbons (Fsp3) is 0.429. The van der Waals surface area contributed by atoms with Crippen LogP contribution in [0.1, 0.15) is 24.5 Å². The van der Waals surface area contributed by atoms with E-state index in [1.165, 1.54) is 0 Å². The number of para-hydroxylation sites is 1. The summed E-state index contributed by atoms with van der Waals surface area (Å²) >= 11 is 0. The number of carbonyl (C=O) groups excluding carboxylic acids is 2. The summed E-state index contributed by atoms with van der Waals surface area (Å²) in [6, 6.07) is 17.2. The number of anilines is 1. The molecule has 0 aromatic heterocycles. The number of ether oxygens (including phenoxy) is 1. The molecule has 0 saturated carbocycles. The summed E-state index contributed by atoms with van der Waals surface area (Å²) in [5.41, 5.74) is 0.922. The third-order valence-corrected chi connectivity index (χ3v) is 10.0. The highest BCUT2D eigenvalue weighted by molar-refractivity contribution is 6.71. The first-order valence-corrected chi connectivity index (χ1v) is 15.5. The second-order valence-corrected chi connectivity index (χ2v) is 14.3. The highest BCUT2D eigenvalue weighted by Crippen LogP contribution is 2.59. The predicted molar refractivity (Wildman–Crippen MR) is 142 cm³/mol. The third kappa shape index (κ3) is 4.54. The average molecular weight is 509 g/mol. The van der Waals surface area contributed by atoms with Crippen molar-refractivity contribution in [1.29, 1.82) is 0 Å². The molecule has 7 nitrogen and oxygen atoms in total. The van der Waals surface area contributed by atoms with Crippen LogP contribution >= 0.6 is 0 Å². The molecule has 192 valence electrons. The van der Waals surface area contributed by atoms with Gasteiger partial charge in [0, 0.05) is 36.7 Å². The number of carbonyl (C=O) groups is 2. The summed E-state index contributed by atoms with van der Waals surface area (Å²) in [5.74, 6) is -0.677. The number of hydrogen-bond acceptors (Lipinski definition) is 5. The SMILES string of the molecule is C=CCN1C(=O)[C@]2(O[C@H](CC(=O)N(CCO)Cc3ccccc3)[C@@H]([Si](C)(C)O)[C@@H]2C)c2ccccc21. The molecule has 1 fully saturated rings. The maximum absolute atomic E-state index is 13.9. The van der Waals surface area contributed by atoms with Crippen LogP contribution in [0.2, 0.25) is 18.6 Å². The minimum absolute atomic E-state index is 0.0253. The first-order valence-electron chi connectivity index (χ1n) is 12.5. The van der Waals surface area contributed by atoms with Gasteiger partial charge in [-0.1, -0.05) is 61.5 Å². The van der Waals surface area contributed by atoms with E-state index in [2.05, 4.69) is 6.58 Å². The minimum Gasteiger partial charge on any atom is -0.432 e. The Bertz CT molecular complexity index is 1120. The summed E-state index contributed by atoms with van der Waals surface area (Å²) in [6.07, 6.45) is 1.08. The van der Waals surface area contributed by atoms with Gasteiger partial charge in [-0.05, 0) is 24.7 Å². The van der Waals surface area contributed by atoms with Crippen LogP contribution in [0.3, 0.4) is 0 Å². The van der Waals surface area contributed by atoms with Gasteiger partial charge in [-0.25, -0.2) is 0 Å². The van der Waals surface area contributed by atoms with Crippen molar-refractivity contribution in [1.82, 2.24) is 4.90 Å². The fourth-order valence-corrected chi connectivity index (χ4v) is 8.61. The summed E-state index contributed by atoms with van der Waals surface area (Å²) in [7, 11) is -2.87. The molecule has 4 atom stereocenters. The van der Waals surface area contributed by atoms with Gasteiger partial charge in [-0.2, -0.15) is 0 Å². The Kier molecular flexibility index (Phi) is 7.52. The zero-order valence-corrected chi connectivity index (χ0v) is 22.3. The van der Waals surface area contributed by atoms with E-state index in [0.717, 1.165) is 16.8 Å². The highest BCUT2D eigenvalue weighted by atomic mass is 28.4. The minimum atomic E-state index is -2.87. The normalized spacial score (nSPS) is 25.3. The van der Waals surface area contributed by atoms with Crippen molar-refractivity contribution in [3.8, 4) is 0 Å². The van der Waals surface area contributed by atoms with Crippen molar-refractivity contribution >= 4 is 25.8 Å². The van der Waals surface area contributed by atoms with Gasteiger partial charge >= 0.3 is 0 Å². The van der Waals surface area contributed by atoms with Gasteiger partial charge in [-0.15, -0.1) is 6.58 Å². The van der Waals surface area contributed by atoms with E-state index in [-0.39, 0.29) is 42.8 Å². The van der Waals surface area contributed by atoms with Gasteiger partial charge in [0.2, 0.25) is 5.91 Å². The summed E-state index contributed by atoms with van der Waals surface area (Å²) in [5, 5.41) is 9.62. The van der Waals surface area contributed by atoms with Crippen LogP contribution in [0.15, 0.2) is 67.3 Å². The Morgan fingerprint density at radius 2 is 1.86 bits per heavy atom. The Balaban J connectivity index is 1.68. The molecule has 1 spiro atoms. The van der Waals surface area contributed by atoms with Crippen molar-refractivity contribution in [2.45, 2.75) is 50.2 Å². The highest BCUT2D eigenvalue weighted by Gasteiger charge is 2.66. The number of fused-ring (bicyclic) bond motifs is 2. The van der Waals surface area contributed by atoms with Gasteiger partial charge in [0.15, 0.2) is 13.9 Å². The molecule has 2 aromatic carbocycles. The quantitative estimate of drug-likeness (QED) is 0.400. The third-order valence-electron chi connectivity index (χ3n) is 7.52. The number of hydrogen-bond donors (Lipinski definition) is 2. The van der Waals surface area contributed by atoms with E-state index >= 15 is 0 Å². The van der Waals surface area contributed by atoms with E-state index in [1.54, 1.807) is 15.9 Å². The van der Waals surface area contributed by atoms with Crippen LogP contribution < -0.4 is 4.90 Å². The maximum Gasteiger partial charge on any atom is 0.264 e. The van der Waals surface area contributed by atoms with Crippen LogP contribution in [-0.4, -0.2) is 60.7 Å². The molecule has 1 saturated heterocycles. The van der Waals surface area contributed by atoms with Gasteiger partial charge in [0.1, 0.15) is 0 Å². The first kappa shape index (κ1) is 26.3. The Morgan fingerprint density at radius 3 is 2.50 bits per heavy atom. The summed E-state index contributed by atoms with van der Waals surface area (Å²) in [4.78, 5) is 42.1. The molecule has 2 aliphatic rings.